The van der Waals surface area contributed by atoms with Crippen molar-refractivity contribution in [2.75, 3.05) is 0 Å². The Kier molecular flexibility index (Phi) is 3.24. The van der Waals surface area contributed by atoms with Crippen LogP contribution in [0.2, 0.25) is 5.02 Å². The average Bonchev–Trinajstić information content (AvgIpc) is 2.91. The second-order valence-corrected chi connectivity index (χ2v) is 5.73. The summed E-state index contributed by atoms with van der Waals surface area (Å²) in [5, 5.41) is 3.04. The van der Waals surface area contributed by atoms with E-state index in [4.69, 9.17) is 16.3 Å². The van der Waals surface area contributed by atoms with Gasteiger partial charge < -0.3 is 9.72 Å². The molecule has 0 radical (unpaired) electrons. The molecule has 0 amide bonds. The third kappa shape index (κ3) is 2.42. The quantitative estimate of drug-likeness (QED) is 0.527. The molecule has 2 nitrogen and oxygen atoms in total. The highest BCUT2D eigenvalue weighted by Crippen LogP contribution is 2.30. The zero-order valence-corrected chi connectivity index (χ0v) is 12.6. The van der Waals surface area contributed by atoms with Crippen LogP contribution < -0.4 is 4.74 Å². The highest BCUT2D eigenvalue weighted by Gasteiger charge is 2.06. The van der Waals surface area contributed by atoms with Gasteiger partial charge in [0.05, 0.1) is 5.52 Å². The van der Waals surface area contributed by atoms with Crippen LogP contribution >= 0.6 is 11.6 Å². The van der Waals surface area contributed by atoms with Crippen molar-refractivity contribution < 1.29 is 4.74 Å². The molecule has 1 heterocycles. The van der Waals surface area contributed by atoms with Gasteiger partial charge in [-0.3, -0.25) is 0 Å². The van der Waals surface area contributed by atoms with E-state index in [0.29, 0.717) is 6.61 Å². The van der Waals surface area contributed by atoms with Crippen LogP contribution in [-0.2, 0) is 6.61 Å². The fourth-order valence-electron chi connectivity index (χ4n) is 2.69. The molecule has 4 aromatic rings. The standard InChI is InChI=1S/C19H14ClNO/c20-14-6-9-18-17(10-14)16-8-7-15(11-19(16)21-18)22-12-13-4-2-1-3-5-13/h1-11,21H,12H2. The lowest BCUT2D eigenvalue weighted by molar-refractivity contribution is 0.306. The number of aromatic amines is 1. The molecule has 0 bridgehead atoms. The summed E-state index contributed by atoms with van der Waals surface area (Å²) >= 11 is 6.09. The van der Waals surface area contributed by atoms with Gasteiger partial charge in [-0.1, -0.05) is 41.9 Å². The number of hydrogen-bond acceptors (Lipinski definition) is 1. The Balaban J connectivity index is 1.67. The molecule has 0 saturated carbocycles. The smallest absolute Gasteiger partial charge is 0.121 e. The number of nitrogens with one attached hydrogen (secondary N) is 1. The summed E-state index contributed by atoms with van der Waals surface area (Å²) in [5.74, 6) is 0.856. The largest absolute Gasteiger partial charge is 0.489 e. The molecule has 0 atom stereocenters. The van der Waals surface area contributed by atoms with Crippen LogP contribution in [0.4, 0.5) is 0 Å². The molecule has 0 unspecified atom stereocenters. The molecule has 0 fully saturated rings. The van der Waals surface area contributed by atoms with Crippen molar-refractivity contribution in [2.24, 2.45) is 0 Å². The molecule has 22 heavy (non-hydrogen) atoms. The van der Waals surface area contributed by atoms with Crippen LogP contribution in [0.3, 0.4) is 0 Å². The molecule has 0 aliphatic carbocycles. The Morgan fingerprint density at radius 3 is 2.55 bits per heavy atom. The first-order chi connectivity index (χ1) is 10.8. The number of hydrogen-bond donors (Lipinski definition) is 1. The Morgan fingerprint density at radius 2 is 1.68 bits per heavy atom. The summed E-state index contributed by atoms with van der Waals surface area (Å²) < 4.78 is 5.87. The van der Waals surface area contributed by atoms with Gasteiger partial charge in [0.25, 0.3) is 0 Å². The maximum atomic E-state index is 6.09. The molecular formula is C19H14ClNO. The molecule has 4 rings (SSSR count). The van der Waals surface area contributed by atoms with E-state index in [1.54, 1.807) is 0 Å². The summed E-state index contributed by atoms with van der Waals surface area (Å²) in [6, 6.07) is 22.1. The fourth-order valence-corrected chi connectivity index (χ4v) is 2.86. The number of aromatic nitrogens is 1. The molecule has 1 aromatic heterocycles. The number of rotatable bonds is 3. The summed E-state index contributed by atoms with van der Waals surface area (Å²) in [7, 11) is 0. The zero-order chi connectivity index (χ0) is 14.9. The van der Waals surface area contributed by atoms with Crippen molar-refractivity contribution in [1.82, 2.24) is 4.98 Å². The monoisotopic (exact) mass is 307 g/mol. The lowest BCUT2D eigenvalue weighted by Crippen LogP contribution is -1.94. The van der Waals surface area contributed by atoms with Crippen molar-refractivity contribution in [3.05, 3.63) is 77.3 Å². The number of benzene rings is 3. The molecule has 1 N–H and O–H groups in total. The van der Waals surface area contributed by atoms with E-state index in [1.807, 2.05) is 48.5 Å². The summed E-state index contributed by atoms with van der Waals surface area (Å²) in [6.45, 7) is 0.568. The van der Waals surface area contributed by atoms with Crippen molar-refractivity contribution in [2.45, 2.75) is 6.61 Å². The van der Waals surface area contributed by atoms with Crippen molar-refractivity contribution >= 4 is 33.4 Å². The van der Waals surface area contributed by atoms with Gasteiger partial charge in [-0.2, -0.15) is 0 Å². The lowest BCUT2D eigenvalue weighted by Gasteiger charge is -2.06. The number of ether oxygens (including phenoxy) is 1. The van der Waals surface area contributed by atoms with Gasteiger partial charge in [-0.25, -0.2) is 0 Å². The minimum atomic E-state index is 0.568. The van der Waals surface area contributed by atoms with E-state index in [-0.39, 0.29) is 0 Å². The van der Waals surface area contributed by atoms with Gasteiger partial charge in [-0.15, -0.1) is 0 Å². The van der Waals surface area contributed by atoms with Crippen LogP contribution in [0.1, 0.15) is 5.56 Å². The molecule has 0 aliphatic rings. The first-order valence-electron chi connectivity index (χ1n) is 7.17. The molecule has 108 valence electrons. The summed E-state index contributed by atoms with van der Waals surface area (Å²) in [4.78, 5) is 3.41. The molecule has 0 spiro atoms. The molecule has 3 aromatic carbocycles. The van der Waals surface area contributed by atoms with E-state index < -0.39 is 0 Å². The summed E-state index contributed by atoms with van der Waals surface area (Å²) in [5.41, 5.74) is 3.30. The second kappa shape index (κ2) is 5.39. The van der Waals surface area contributed by atoms with Crippen LogP contribution in [-0.4, -0.2) is 4.98 Å². The first kappa shape index (κ1) is 13.2. The fraction of sp³-hybridized carbons (Fsp3) is 0.0526. The molecular weight excluding hydrogens is 294 g/mol. The van der Waals surface area contributed by atoms with Gasteiger partial charge in [0.2, 0.25) is 0 Å². The van der Waals surface area contributed by atoms with Gasteiger partial charge in [0.1, 0.15) is 12.4 Å². The molecule has 3 heteroatoms. The zero-order valence-electron chi connectivity index (χ0n) is 11.8. The van der Waals surface area contributed by atoms with Crippen LogP contribution in [0.5, 0.6) is 5.75 Å². The average molecular weight is 308 g/mol. The number of fused-ring (bicyclic) bond motifs is 3. The Bertz CT molecular complexity index is 944. The topological polar surface area (TPSA) is 25.0 Å². The maximum absolute atomic E-state index is 6.09. The Hall–Kier alpha value is -2.45. The second-order valence-electron chi connectivity index (χ2n) is 5.30. The van der Waals surface area contributed by atoms with E-state index in [9.17, 15) is 0 Å². The van der Waals surface area contributed by atoms with Gasteiger partial charge in [0, 0.05) is 27.4 Å². The molecule has 0 saturated heterocycles. The van der Waals surface area contributed by atoms with E-state index in [0.717, 1.165) is 38.1 Å². The number of halogens is 1. The molecule has 0 aliphatic heterocycles. The Labute approximate surface area is 133 Å². The van der Waals surface area contributed by atoms with Crippen molar-refractivity contribution in [3.63, 3.8) is 0 Å². The third-order valence-corrected chi connectivity index (χ3v) is 4.02. The lowest BCUT2D eigenvalue weighted by atomic mass is 10.1. The predicted octanol–water partition coefficient (Wildman–Crippen LogP) is 5.55. The van der Waals surface area contributed by atoms with E-state index in [2.05, 4.69) is 23.2 Å². The van der Waals surface area contributed by atoms with Gasteiger partial charge in [0.15, 0.2) is 0 Å². The predicted molar refractivity (Wildman–Crippen MR) is 91.6 cm³/mol. The van der Waals surface area contributed by atoms with Crippen LogP contribution in [0.25, 0.3) is 21.8 Å². The third-order valence-electron chi connectivity index (χ3n) is 3.78. The van der Waals surface area contributed by atoms with Crippen LogP contribution in [0, 0.1) is 0 Å². The maximum Gasteiger partial charge on any atom is 0.121 e. The van der Waals surface area contributed by atoms with Crippen molar-refractivity contribution in [3.8, 4) is 5.75 Å². The minimum absolute atomic E-state index is 0.568. The number of H-pyrrole nitrogens is 1. The SMILES string of the molecule is Clc1ccc2[nH]c3cc(OCc4ccccc4)ccc3c2c1. The summed E-state index contributed by atoms with van der Waals surface area (Å²) in [6.07, 6.45) is 0. The minimum Gasteiger partial charge on any atom is -0.489 e. The highest BCUT2D eigenvalue weighted by molar-refractivity contribution is 6.31. The highest BCUT2D eigenvalue weighted by atomic mass is 35.5. The normalized spacial score (nSPS) is 11.1. The van der Waals surface area contributed by atoms with E-state index in [1.165, 1.54) is 0 Å². The van der Waals surface area contributed by atoms with Crippen LogP contribution in [0.15, 0.2) is 66.7 Å². The van der Waals surface area contributed by atoms with Crippen molar-refractivity contribution in [1.29, 1.82) is 0 Å². The van der Waals surface area contributed by atoms with E-state index >= 15 is 0 Å². The van der Waals surface area contributed by atoms with Gasteiger partial charge >= 0.3 is 0 Å². The van der Waals surface area contributed by atoms with Gasteiger partial charge in [-0.05, 0) is 35.9 Å². The first-order valence-corrected chi connectivity index (χ1v) is 7.55. The Morgan fingerprint density at radius 1 is 0.818 bits per heavy atom.